The molecule has 30 heavy (non-hydrogen) atoms. The van der Waals surface area contributed by atoms with Crippen molar-refractivity contribution in [3.63, 3.8) is 0 Å². The molecule has 162 valence electrons. The standard InChI is InChI=1S/C23H33N5O2/c1-6-8-14-28-20-19(21(29)25-22(28)30)27(7-2)18(24-20)16-26(23(3,4)5)15-17-12-10-9-11-13-17/h9-13H,6-8,14-16H2,1-5H3,(H,25,29,30). The third-order valence-electron chi connectivity index (χ3n) is 5.51. The van der Waals surface area contributed by atoms with Crippen LogP contribution in [-0.2, 0) is 26.2 Å². The van der Waals surface area contributed by atoms with Crippen LogP contribution < -0.4 is 11.2 Å². The summed E-state index contributed by atoms with van der Waals surface area (Å²) in [4.78, 5) is 34.7. The van der Waals surface area contributed by atoms with Crippen LogP contribution in [0.4, 0.5) is 0 Å². The second-order valence-corrected chi connectivity index (χ2v) is 8.72. The van der Waals surface area contributed by atoms with Gasteiger partial charge in [0.15, 0.2) is 11.2 Å². The number of nitrogens with zero attached hydrogens (tertiary/aromatic N) is 4. The zero-order chi connectivity index (χ0) is 21.9. The number of rotatable bonds is 8. The lowest BCUT2D eigenvalue weighted by Gasteiger charge is -2.35. The Kier molecular flexibility index (Phi) is 6.61. The van der Waals surface area contributed by atoms with Crippen LogP contribution in [0.5, 0.6) is 0 Å². The lowest BCUT2D eigenvalue weighted by molar-refractivity contribution is 0.114. The molecule has 0 spiro atoms. The first kappa shape index (κ1) is 22.0. The molecule has 0 saturated carbocycles. The second kappa shape index (κ2) is 9.00. The van der Waals surface area contributed by atoms with Crippen molar-refractivity contribution in [1.29, 1.82) is 0 Å². The van der Waals surface area contributed by atoms with Crippen molar-refractivity contribution in [1.82, 2.24) is 24.0 Å². The summed E-state index contributed by atoms with van der Waals surface area (Å²) in [5.41, 5.74) is 1.35. The maximum Gasteiger partial charge on any atom is 0.330 e. The zero-order valence-corrected chi connectivity index (χ0v) is 18.7. The van der Waals surface area contributed by atoms with Crippen LogP contribution in [-0.4, -0.2) is 29.5 Å². The van der Waals surface area contributed by atoms with Crippen LogP contribution in [0, 0.1) is 0 Å². The van der Waals surface area contributed by atoms with Gasteiger partial charge < -0.3 is 4.57 Å². The second-order valence-electron chi connectivity index (χ2n) is 8.72. The van der Waals surface area contributed by atoms with Gasteiger partial charge in [-0.3, -0.25) is 19.2 Å². The summed E-state index contributed by atoms with van der Waals surface area (Å²) in [6.45, 7) is 13.1. The molecule has 3 rings (SSSR count). The first-order valence-electron chi connectivity index (χ1n) is 10.8. The van der Waals surface area contributed by atoms with Crippen LogP contribution in [0.2, 0.25) is 0 Å². The third kappa shape index (κ3) is 4.56. The fourth-order valence-corrected chi connectivity index (χ4v) is 3.71. The summed E-state index contributed by atoms with van der Waals surface area (Å²) >= 11 is 0. The van der Waals surface area contributed by atoms with E-state index in [4.69, 9.17) is 4.98 Å². The molecule has 2 aromatic heterocycles. The van der Waals surface area contributed by atoms with Crippen LogP contribution in [0.1, 0.15) is 58.8 Å². The Balaban J connectivity index is 2.08. The smallest absolute Gasteiger partial charge is 0.321 e. The monoisotopic (exact) mass is 411 g/mol. The van der Waals surface area contributed by atoms with E-state index in [0.717, 1.165) is 25.2 Å². The Hall–Kier alpha value is -2.67. The number of fused-ring (bicyclic) bond motifs is 1. The Morgan fingerprint density at radius 1 is 1.03 bits per heavy atom. The van der Waals surface area contributed by atoms with E-state index in [2.05, 4.69) is 49.7 Å². The number of aromatic amines is 1. The number of H-pyrrole nitrogens is 1. The van der Waals surface area contributed by atoms with Gasteiger partial charge >= 0.3 is 5.69 Å². The molecule has 1 aromatic carbocycles. The number of benzene rings is 1. The highest BCUT2D eigenvalue weighted by molar-refractivity contribution is 5.71. The zero-order valence-electron chi connectivity index (χ0n) is 18.7. The summed E-state index contributed by atoms with van der Waals surface area (Å²) in [6, 6.07) is 10.3. The number of aryl methyl sites for hydroxylation is 2. The molecular weight excluding hydrogens is 378 g/mol. The summed E-state index contributed by atoms with van der Waals surface area (Å²) in [5, 5.41) is 0. The highest BCUT2D eigenvalue weighted by atomic mass is 16.2. The van der Waals surface area contributed by atoms with Gasteiger partial charge in [-0.15, -0.1) is 0 Å². The van der Waals surface area contributed by atoms with Crippen LogP contribution in [0.25, 0.3) is 11.2 Å². The molecule has 2 heterocycles. The maximum absolute atomic E-state index is 12.6. The predicted octanol–water partition coefficient (Wildman–Crippen LogP) is 3.51. The highest BCUT2D eigenvalue weighted by Crippen LogP contribution is 2.22. The van der Waals surface area contributed by atoms with Crippen molar-refractivity contribution in [3.8, 4) is 0 Å². The Morgan fingerprint density at radius 2 is 1.73 bits per heavy atom. The van der Waals surface area contributed by atoms with E-state index in [1.807, 2.05) is 29.7 Å². The topological polar surface area (TPSA) is 75.9 Å². The third-order valence-corrected chi connectivity index (χ3v) is 5.51. The average molecular weight is 412 g/mol. The van der Waals surface area contributed by atoms with Gasteiger partial charge in [0.2, 0.25) is 0 Å². The normalized spacial score (nSPS) is 12.2. The molecule has 0 saturated heterocycles. The predicted molar refractivity (Wildman–Crippen MR) is 121 cm³/mol. The molecular formula is C23H33N5O2. The summed E-state index contributed by atoms with van der Waals surface area (Å²) in [6.07, 6.45) is 1.82. The summed E-state index contributed by atoms with van der Waals surface area (Å²) < 4.78 is 3.55. The van der Waals surface area contributed by atoms with E-state index in [0.29, 0.717) is 30.8 Å². The first-order chi connectivity index (χ1) is 14.3. The molecule has 0 atom stereocenters. The Labute approximate surface area is 177 Å². The fourth-order valence-electron chi connectivity index (χ4n) is 3.71. The van der Waals surface area contributed by atoms with Gasteiger partial charge in [0, 0.05) is 25.2 Å². The van der Waals surface area contributed by atoms with Crippen molar-refractivity contribution in [2.45, 2.75) is 79.2 Å². The molecule has 0 unspecified atom stereocenters. The van der Waals surface area contributed by atoms with Crippen molar-refractivity contribution in [2.75, 3.05) is 0 Å². The molecule has 0 aliphatic rings. The van der Waals surface area contributed by atoms with Crippen molar-refractivity contribution >= 4 is 11.2 Å². The average Bonchev–Trinajstić information content (AvgIpc) is 3.06. The largest absolute Gasteiger partial charge is 0.330 e. The van der Waals surface area contributed by atoms with Crippen molar-refractivity contribution < 1.29 is 0 Å². The molecule has 3 aromatic rings. The fraction of sp³-hybridized carbons (Fsp3) is 0.522. The SMILES string of the molecule is CCCCn1c(=O)[nH]c(=O)c2c1nc(CN(Cc1ccccc1)C(C)(C)C)n2CC. The van der Waals surface area contributed by atoms with Gasteiger partial charge in [0.1, 0.15) is 5.82 Å². The molecule has 0 aliphatic heterocycles. The minimum absolute atomic E-state index is 0.0964. The number of hydrogen-bond acceptors (Lipinski definition) is 4. The van der Waals surface area contributed by atoms with E-state index >= 15 is 0 Å². The molecule has 0 radical (unpaired) electrons. The van der Waals surface area contributed by atoms with Gasteiger partial charge in [-0.2, -0.15) is 0 Å². The molecule has 0 aliphatic carbocycles. The van der Waals surface area contributed by atoms with Crippen LogP contribution >= 0.6 is 0 Å². The van der Waals surface area contributed by atoms with E-state index in [9.17, 15) is 9.59 Å². The molecule has 0 fully saturated rings. The quantitative estimate of drug-likeness (QED) is 0.615. The molecule has 7 nitrogen and oxygen atoms in total. The molecule has 0 amide bonds. The molecule has 7 heteroatoms. The van der Waals surface area contributed by atoms with Gasteiger partial charge in [0.05, 0.1) is 6.54 Å². The van der Waals surface area contributed by atoms with E-state index < -0.39 is 0 Å². The van der Waals surface area contributed by atoms with E-state index in [-0.39, 0.29) is 16.8 Å². The minimum Gasteiger partial charge on any atom is -0.321 e. The minimum atomic E-state index is -0.384. The molecule has 1 N–H and O–H groups in total. The van der Waals surface area contributed by atoms with Gasteiger partial charge in [-0.1, -0.05) is 43.7 Å². The van der Waals surface area contributed by atoms with E-state index in [1.165, 1.54) is 5.56 Å². The number of aromatic nitrogens is 4. The van der Waals surface area contributed by atoms with Crippen LogP contribution in [0.3, 0.4) is 0 Å². The number of nitrogens with one attached hydrogen (secondary N) is 1. The van der Waals surface area contributed by atoms with E-state index in [1.54, 1.807) is 4.57 Å². The highest BCUT2D eigenvalue weighted by Gasteiger charge is 2.25. The number of imidazole rings is 1. The lowest BCUT2D eigenvalue weighted by atomic mass is 10.0. The van der Waals surface area contributed by atoms with Crippen molar-refractivity contribution in [2.24, 2.45) is 0 Å². The van der Waals surface area contributed by atoms with Crippen molar-refractivity contribution in [3.05, 3.63) is 62.6 Å². The first-order valence-corrected chi connectivity index (χ1v) is 10.8. The maximum atomic E-state index is 12.6. The lowest BCUT2D eigenvalue weighted by Crippen LogP contribution is -2.40. The Morgan fingerprint density at radius 3 is 2.33 bits per heavy atom. The summed E-state index contributed by atoms with van der Waals surface area (Å²) in [7, 11) is 0. The Bertz CT molecular complexity index is 1100. The number of unbranched alkanes of at least 4 members (excludes halogenated alkanes) is 1. The van der Waals surface area contributed by atoms with Gasteiger partial charge in [-0.05, 0) is 39.7 Å². The molecule has 0 bridgehead atoms. The summed E-state index contributed by atoms with van der Waals surface area (Å²) in [5.74, 6) is 0.805. The van der Waals surface area contributed by atoms with Crippen LogP contribution in [0.15, 0.2) is 39.9 Å². The van der Waals surface area contributed by atoms with Gasteiger partial charge in [-0.25, -0.2) is 9.78 Å². The number of hydrogen-bond donors (Lipinski definition) is 1. The van der Waals surface area contributed by atoms with Gasteiger partial charge in [0.25, 0.3) is 5.56 Å².